The molecule has 6 heteroatoms. The predicted molar refractivity (Wildman–Crippen MR) is 107 cm³/mol. The van der Waals surface area contributed by atoms with Gasteiger partial charge in [0, 0.05) is 12.7 Å². The number of methoxy groups -OCH3 is 1. The number of oxazole rings is 1. The molecule has 0 aliphatic carbocycles. The Labute approximate surface area is 162 Å². The van der Waals surface area contributed by atoms with E-state index in [0.717, 1.165) is 11.4 Å². The molecule has 0 fully saturated rings. The number of ether oxygens (including phenoxy) is 1. The number of esters is 1. The highest BCUT2D eigenvalue weighted by Crippen LogP contribution is 2.25. The molecule has 0 atom stereocenters. The number of nitrogens with zero attached hydrogens (tertiary/aromatic N) is 2. The fraction of sp³-hybridized carbons (Fsp3) is 0.136. The fourth-order valence-corrected chi connectivity index (χ4v) is 2.93. The molecule has 0 unspecified atom stereocenters. The van der Waals surface area contributed by atoms with E-state index in [0.29, 0.717) is 29.1 Å². The zero-order valence-corrected chi connectivity index (χ0v) is 15.6. The zero-order valence-electron chi connectivity index (χ0n) is 15.6. The summed E-state index contributed by atoms with van der Waals surface area (Å²) in [6, 6.07) is 17.2. The minimum atomic E-state index is -0.412. The number of pyridine rings is 1. The summed E-state index contributed by atoms with van der Waals surface area (Å²) in [6.45, 7) is 2.78. The number of nitrogens with one attached hydrogen (secondary N) is 1. The lowest BCUT2D eigenvalue weighted by atomic mass is 10.1. The summed E-state index contributed by atoms with van der Waals surface area (Å²) < 4.78 is 10.5. The monoisotopic (exact) mass is 373 g/mol. The lowest BCUT2D eigenvalue weighted by Crippen LogP contribution is -2.01. The summed E-state index contributed by atoms with van der Waals surface area (Å²) in [5.41, 5.74) is 4.81. The molecule has 0 saturated heterocycles. The van der Waals surface area contributed by atoms with E-state index < -0.39 is 5.97 Å². The van der Waals surface area contributed by atoms with E-state index in [2.05, 4.69) is 40.4 Å². The molecule has 2 aromatic heterocycles. The van der Waals surface area contributed by atoms with Crippen LogP contribution in [0.4, 0.5) is 5.82 Å². The van der Waals surface area contributed by atoms with Crippen LogP contribution in [-0.2, 0) is 11.3 Å². The number of hydrogen-bond donors (Lipinski definition) is 1. The van der Waals surface area contributed by atoms with Crippen LogP contribution in [0, 0.1) is 6.92 Å². The Kier molecular flexibility index (Phi) is 4.76. The minimum Gasteiger partial charge on any atom is -0.465 e. The quantitative estimate of drug-likeness (QED) is 0.515. The first-order valence-electron chi connectivity index (χ1n) is 8.87. The topological polar surface area (TPSA) is 77.2 Å². The minimum absolute atomic E-state index is 0.412. The van der Waals surface area contributed by atoms with E-state index in [4.69, 9.17) is 9.15 Å². The summed E-state index contributed by atoms with van der Waals surface area (Å²) in [7, 11) is 1.35. The average Bonchev–Trinajstić information content (AvgIpc) is 3.15. The summed E-state index contributed by atoms with van der Waals surface area (Å²) in [5.74, 6) is 0.814. The second-order valence-corrected chi connectivity index (χ2v) is 6.47. The Bertz CT molecular complexity index is 1130. The maximum Gasteiger partial charge on any atom is 0.337 e. The van der Waals surface area contributed by atoms with Crippen LogP contribution < -0.4 is 5.32 Å². The van der Waals surface area contributed by atoms with E-state index in [9.17, 15) is 4.79 Å². The lowest BCUT2D eigenvalue weighted by molar-refractivity contribution is 0.0601. The number of rotatable bonds is 5. The standard InChI is InChI=1S/C22H19N3O3/c1-14-4-3-5-15(10-14)12-23-20-9-7-17(13-24-20)21-25-18-8-6-16(22(26)27-2)11-19(18)28-21/h3-11,13H,12H2,1-2H3,(H,23,24). The molecule has 140 valence electrons. The van der Waals surface area contributed by atoms with Crippen molar-refractivity contribution in [2.45, 2.75) is 13.5 Å². The number of carbonyl (C=O) groups is 1. The third kappa shape index (κ3) is 3.71. The van der Waals surface area contributed by atoms with Gasteiger partial charge in [-0.15, -0.1) is 0 Å². The van der Waals surface area contributed by atoms with Crippen LogP contribution in [0.2, 0.25) is 0 Å². The molecular formula is C22H19N3O3. The normalized spacial score (nSPS) is 10.8. The number of hydrogen-bond acceptors (Lipinski definition) is 6. The summed E-state index contributed by atoms with van der Waals surface area (Å²) in [4.78, 5) is 20.6. The number of benzene rings is 2. The van der Waals surface area contributed by atoms with Crippen molar-refractivity contribution in [3.8, 4) is 11.5 Å². The van der Waals surface area contributed by atoms with Gasteiger partial charge in [0.1, 0.15) is 11.3 Å². The maximum atomic E-state index is 11.7. The van der Waals surface area contributed by atoms with Crippen molar-refractivity contribution in [1.82, 2.24) is 9.97 Å². The van der Waals surface area contributed by atoms with Crippen molar-refractivity contribution in [1.29, 1.82) is 0 Å². The van der Waals surface area contributed by atoms with E-state index in [-0.39, 0.29) is 0 Å². The smallest absolute Gasteiger partial charge is 0.337 e. The summed E-state index contributed by atoms with van der Waals surface area (Å²) >= 11 is 0. The molecule has 4 rings (SSSR count). The molecule has 0 radical (unpaired) electrons. The van der Waals surface area contributed by atoms with Gasteiger partial charge in [-0.1, -0.05) is 29.8 Å². The average molecular weight is 373 g/mol. The van der Waals surface area contributed by atoms with Crippen molar-refractivity contribution in [2.75, 3.05) is 12.4 Å². The Hall–Kier alpha value is -3.67. The molecule has 28 heavy (non-hydrogen) atoms. The van der Waals surface area contributed by atoms with Gasteiger partial charge in [0.25, 0.3) is 0 Å². The molecule has 1 N–H and O–H groups in total. The van der Waals surface area contributed by atoms with E-state index in [1.807, 2.05) is 18.2 Å². The molecule has 0 aliphatic heterocycles. The van der Waals surface area contributed by atoms with Gasteiger partial charge in [-0.25, -0.2) is 14.8 Å². The fourth-order valence-electron chi connectivity index (χ4n) is 2.93. The highest BCUT2D eigenvalue weighted by atomic mass is 16.5. The molecule has 2 heterocycles. The molecule has 0 spiro atoms. The van der Waals surface area contributed by atoms with Gasteiger partial charge in [0.15, 0.2) is 5.58 Å². The highest BCUT2D eigenvalue weighted by molar-refractivity contribution is 5.93. The highest BCUT2D eigenvalue weighted by Gasteiger charge is 2.12. The van der Waals surface area contributed by atoms with E-state index in [1.165, 1.54) is 18.2 Å². The van der Waals surface area contributed by atoms with Crippen molar-refractivity contribution >= 4 is 22.9 Å². The van der Waals surface area contributed by atoms with Crippen molar-refractivity contribution < 1.29 is 13.9 Å². The van der Waals surface area contributed by atoms with Gasteiger partial charge in [0.05, 0.1) is 18.2 Å². The molecular weight excluding hydrogens is 354 g/mol. The van der Waals surface area contributed by atoms with Crippen molar-refractivity contribution in [3.63, 3.8) is 0 Å². The Morgan fingerprint density at radius 2 is 2.04 bits per heavy atom. The summed E-state index contributed by atoms with van der Waals surface area (Å²) in [6.07, 6.45) is 1.71. The van der Waals surface area contributed by atoms with E-state index in [1.54, 1.807) is 24.4 Å². The predicted octanol–water partition coefficient (Wildman–Crippen LogP) is 4.60. The number of anilines is 1. The van der Waals surface area contributed by atoms with Crippen LogP contribution >= 0.6 is 0 Å². The lowest BCUT2D eigenvalue weighted by Gasteiger charge is -2.06. The van der Waals surface area contributed by atoms with Crippen LogP contribution in [0.1, 0.15) is 21.5 Å². The molecule has 6 nitrogen and oxygen atoms in total. The molecule has 0 saturated carbocycles. The largest absolute Gasteiger partial charge is 0.465 e. The van der Waals surface area contributed by atoms with Crippen LogP contribution in [0.3, 0.4) is 0 Å². The van der Waals surface area contributed by atoms with Crippen LogP contribution in [0.5, 0.6) is 0 Å². The van der Waals surface area contributed by atoms with Crippen molar-refractivity contribution in [3.05, 3.63) is 77.5 Å². The number of carbonyl (C=O) groups excluding carboxylic acids is 1. The van der Waals surface area contributed by atoms with Gasteiger partial charge >= 0.3 is 5.97 Å². The molecule has 2 aromatic carbocycles. The van der Waals surface area contributed by atoms with Gasteiger partial charge in [-0.05, 0) is 42.8 Å². The van der Waals surface area contributed by atoms with Crippen LogP contribution in [0.25, 0.3) is 22.6 Å². The number of aromatic nitrogens is 2. The molecule has 0 amide bonds. The maximum absolute atomic E-state index is 11.7. The second-order valence-electron chi connectivity index (χ2n) is 6.47. The van der Waals surface area contributed by atoms with Gasteiger partial charge in [-0.3, -0.25) is 0 Å². The summed E-state index contributed by atoms with van der Waals surface area (Å²) in [5, 5.41) is 3.31. The Balaban J connectivity index is 1.51. The van der Waals surface area contributed by atoms with Gasteiger partial charge in [-0.2, -0.15) is 0 Å². The number of aryl methyl sites for hydroxylation is 1. The van der Waals surface area contributed by atoms with Crippen LogP contribution in [0.15, 0.2) is 65.2 Å². The first kappa shape index (κ1) is 17.7. The molecule has 4 aromatic rings. The van der Waals surface area contributed by atoms with Gasteiger partial charge < -0.3 is 14.5 Å². The van der Waals surface area contributed by atoms with Crippen molar-refractivity contribution in [2.24, 2.45) is 0 Å². The first-order valence-corrected chi connectivity index (χ1v) is 8.87. The SMILES string of the molecule is COC(=O)c1ccc2nc(-c3ccc(NCc4cccc(C)c4)nc3)oc2c1. The molecule has 0 bridgehead atoms. The third-order valence-corrected chi connectivity index (χ3v) is 4.38. The molecule has 0 aliphatic rings. The third-order valence-electron chi connectivity index (χ3n) is 4.38. The Morgan fingerprint density at radius 1 is 1.14 bits per heavy atom. The number of fused-ring (bicyclic) bond motifs is 1. The van der Waals surface area contributed by atoms with E-state index >= 15 is 0 Å². The zero-order chi connectivity index (χ0) is 19.5. The van der Waals surface area contributed by atoms with Crippen LogP contribution in [-0.4, -0.2) is 23.0 Å². The van der Waals surface area contributed by atoms with Gasteiger partial charge in [0.2, 0.25) is 5.89 Å². The first-order chi connectivity index (χ1) is 13.6. The second kappa shape index (κ2) is 7.52. The Morgan fingerprint density at radius 3 is 2.79 bits per heavy atom.